The summed E-state index contributed by atoms with van der Waals surface area (Å²) in [6, 6.07) is 25.7. The van der Waals surface area contributed by atoms with Crippen LogP contribution in [0.3, 0.4) is 0 Å². The molecule has 2 aromatic carbocycles. The Morgan fingerprint density at radius 1 is 0.690 bits per heavy atom. The van der Waals surface area contributed by atoms with E-state index >= 15 is 0 Å². The molecule has 0 saturated heterocycles. The van der Waals surface area contributed by atoms with E-state index in [1.165, 1.54) is 0 Å². The molecule has 0 unspecified atom stereocenters. The van der Waals surface area contributed by atoms with Crippen molar-refractivity contribution >= 4 is 17.2 Å². The Morgan fingerprint density at radius 2 is 1.21 bits per heavy atom. The maximum atomic E-state index is 13.3. The van der Waals surface area contributed by atoms with Crippen LogP contribution in [0.15, 0.2) is 110 Å². The highest BCUT2D eigenvalue weighted by molar-refractivity contribution is 6.26. The Hall–Kier alpha value is -4.05. The maximum absolute atomic E-state index is 13.3. The van der Waals surface area contributed by atoms with Crippen LogP contribution in [0.25, 0.3) is 22.6 Å². The summed E-state index contributed by atoms with van der Waals surface area (Å²) in [6.07, 6.45) is 7.04. The average molecular weight is 379 g/mol. The molecule has 0 radical (unpaired) electrons. The molecule has 4 aromatic rings. The lowest BCUT2D eigenvalue weighted by molar-refractivity contribution is -0.576. The summed E-state index contributed by atoms with van der Waals surface area (Å²) in [5.74, 6) is -0.324. The number of Topliss-reactive ketones (excluding diaryl/α,β-unsaturated/α-hetero) is 1. The van der Waals surface area contributed by atoms with Gasteiger partial charge in [-0.25, -0.2) is 0 Å². The molecule has 0 atom stereocenters. The van der Waals surface area contributed by atoms with Crippen LogP contribution in [-0.2, 0) is 0 Å². The number of hydrogen-bond acceptors (Lipinski definition) is 3. The van der Waals surface area contributed by atoms with Crippen molar-refractivity contribution in [1.29, 1.82) is 0 Å². The summed E-state index contributed by atoms with van der Waals surface area (Å²) in [6.45, 7) is 0. The molecule has 0 aliphatic heterocycles. The third-order valence-electron chi connectivity index (χ3n) is 4.62. The van der Waals surface area contributed by atoms with E-state index in [0.29, 0.717) is 11.1 Å². The molecular formula is C25H19N2O2+. The van der Waals surface area contributed by atoms with Crippen LogP contribution in [0.5, 0.6) is 0 Å². The molecule has 4 rings (SSSR count). The number of pyridine rings is 2. The Morgan fingerprint density at radius 3 is 1.79 bits per heavy atom. The van der Waals surface area contributed by atoms with Gasteiger partial charge in [0.15, 0.2) is 18.2 Å². The van der Waals surface area contributed by atoms with E-state index in [4.69, 9.17) is 0 Å². The molecule has 2 heterocycles. The number of ketones is 1. The van der Waals surface area contributed by atoms with Gasteiger partial charge in [-0.2, -0.15) is 4.57 Å². The van der Waals surface area contributed by atoms with Gasteiger partial charge in [0.2, 0.25) is 0 Å². The number of carbonyl (C=O) groups is 1. The fourth-order valence-electron chi connectivity index (χ4n) is 3.12. The fourth-order valence-corrected chi connectivity index (χ4v) is 3.12. The largest absolute Gasteiger partial charge is 0.502 e. The lowest BCUT2D eigenvalue weighted by atomic mass is 10.0. The Bertz CT molecular complexity index is 1140. The normalized spacial score (nSPS) is 11.6. The van der Waals surface area contributed by atoms with Crippen molar-refractivity contribution in [3.05, 3.63) is 121 Å². The second-order valence-corrected chi connectivity index (χ2v) is 6.49. The van der Waals surface area contributed by atoms with Gasteiger partial charge in [-0.15, -0.1) is 0 Å². The van der Waals surface area contributed by atoms with Crippen LogP contribution in [0.4, 0.5) is 0 Å². The van der Waals surface area contributed by atoms with Crippen molar-refractivity contribution in [3.63, 3.8) is 0 Å². The Balaban J connectivity index is 1.82. The minimum Gasteiger partial charge on any atom is -0.502 e. The quantitative estimate of drug-likeness (QED) is 0.234. The van der Waals surface area contributed by atoms with Crippen LogP contribution in [-0.4, -0.2) is 15.9 Å². The highest BCUT2D eigenvalue weighted by atomic mass is 16.3. The van der Waals surface area contributed by atoms with Gasteiger partial charge in [-0.3, -0.25) is 9.78 Å². The van der Waals surface area contributed by atoms with Crippen molar-refractivity contribution in [2.75, 3.05) is 0 Å². The lowest BCUT2D eigenvalue weighted by Gasteiger charge is -2.07. The van der Waals surface area contributed by atoms with Crippen LogP contribution < -0.4 is 4.57 Å². The standard InChI is InChI=1S/C25H18N2O2/c28-24(21-7-3-1-4-8-21)23(25(29)22-9-5-2-6-10-22)27-17-13-20(14-18-27)19-11-15-26-16-12-19/h1-18H/p+1. The maximum Gasteiger partial charge on any atom is 0.301 e. The van der Waals surface area contributed by atoms with Gasteiger partial charge in [0.25, 0.3) is 5.78 Å². The van der Waals surface area contributed by atoms with Crippen LogP contribution in [0.2, 0.25) is 0 Å². The zero-order valence-corrected chi connectivity index (χ0v) is 15.6. The van der Waals surface area contributed by atoms with Crippen molar-refractivity contribution in [1.82, 2.24) is 4.98 Å². The van der Waals surface area contributed by atoms with Gasteiger partial charge < -0.3 is 5.11 Å². The zero-order chi connectivity index (χ0) is 20.1. The number of aliphatic hydroxyl groups excluding tert-OH is 1. The van der Waals surface area contributed by atoms with Gasteiger partial charge in [-0.05, 0) is 23.3 Å². The fraction of sp³-hybridized carbons (Fsp3) is 0. The molecule has 140 valence electrons. The molecule has 0 amide bonds. The first-order chi connectivity index (χ1) is 14.2. The smallest absolute Gasteiger partial charge is 0.301 e. The predicted molar refractivity (Wildman–Crippen MR) is 113 cm³/mol. The van der Waals surface area contributed by atoms with E-state index < -0.39 is 0 Å². The molecule has 4 heteroatoms. The molecule has 4 nitrogen and oxygen atoms in total. The number of nitrogens with zero attached hydrogens (tertiary/aromatic N) is 2. The number of allylic oxidation sites excluding steroid dienone is 1. The van der Waals surface area contributed by atoms with E-state index in [1.807, 2.05) is 60.7 Å². The first kappa shape index (κ1) is 18.3. The van der Waals surface area contributed by atoms with Crippen molar-refractivity contribution in [2.24, 2.45) is 0 Å². The van der Waals surface area contributed by atoms with Crippen molar-refractivity contribution < 1.29 is 14.5 Å². The van der Waals surface area contributed by atoms with E-state index in [0.717, 1.165) is 11.1 Å². The molecule has 0 aliphatic carbocycles. The van der Waals surface area contributed by atoms with E-state index in [2.05, 4.69) is 4.98 Å². The summed E-state index contributed by atoms with van der Waals surface area (Å²) >= 11 is 0. The summed E-state index contributed by atoms with van der Waals surface area (Å²) in [5, 5.41) is 11.0. The highest BCUT2D eigenvalue weighted by Gasteiger charge is 2.27. The second kappa shape index (κ2) is 8.31. The molecule has 29 heavy (non-hydrogen) atoms. The van der Waals surface area contributed by atoms with Crippen LogP contribution >= 0.6 is 0 Å². The number of rotatable bonds is 5. The Kier molecular flexibility index (Phi) is 5.25. The first-order valence-corrected chi connectivity index (χ1v) is 9.24. The lowest BCUT2D eigenvalue weighted by Crippen LogP contribution is -2.36. The monoisotopic (exact) mass is 379 g/mol. The molecular weight excluding hydrogens is 360 g/mol. The SMILES string of the molecule is O=C(/C(=C(/O)c1ccccc1)[n+]1ccc(-c2ccncc2)cc1)c1ccccc1. The average Bonchev–Trinajstić information content (AvgIpc) is 2.81. The topological polar surface area (TPSA) is 54.1 Å². The molecule has 0 bridgehead atoms. The van der Waals surface area contributed by atoms with Crippen molar-refractivity contribution in [2.45, 2.75) is 0 Å². The summed E-state index contributed by atoms with van der Waals surface area (Å²) in [7, 11) is 0. The third-order valence-corrected chi connectivity index (χ3v) is 4.62. The minimum absolute atomic E-state index is 0.0684. The summed E-state index contributed by atoms with van der Waals surface area (Å²) in [5.41, 5.74) is 3.31. The molecule has 2 aromatic heterocycles. The number of hydrogen-bond donors (Lipinski definition) is 1. The first-order valence-electron chi connectivity index (χ1n) is 9.24. The van der Waals surface area contributed by atoms with E-state index in [-0.39, 0.29) is 17.2 Å². The van der Waals surface area contributed by atoms with E-state index in [9.17, 15) is 9.90 Å². The minimum atomic E-state index is -0.256. The van der Waals surface area contributed by atoms with Gasteiger partial charge in [0.05, 0.1) is 0 Å². The van der Waals surface area contributed by atoms with E-state index in [1.54, 1.807) is 53.6 Å². The van der Waals surface area contributed by atoms with Gasteiger partial charge in [0.1, 0.15) is 0 Å². The molecule has 0 fully saturated rings. The summed E-state index contributed by atoms with van der Waals surface area (Å²) in [4.78, 5) is 17.3. The van der Waals surface area contributed by atoms with Crippen molar-refractivity contribution in [3.8, 4) is 11.1 Å². The molecule has 1 N–H and O–H groups in total. The van der Waals surface area contributed by atoms with Gasteiger partial charge >= 0.3 is 5.70 Å². The number of benzene rings is 2. The number of carbonyl (C=O) groups excluding carboxylic acids is 1. The molecule has 0 saturated carbocycles. The van der Waals surface area contributed by atoms with Gasteiger partial charge in [0, 0.05) is 35.7 Å². The summed E-state index contributed by atoms with van der Waals surface area (Å²) < 4.78 is 1.66. The predicted octanol–water partition coefficient (Wildman–Crippen LogP) is 4.80. The number of aromatic nitrogens is 2. The Labute approximate surface area is 169 Å². The number of aliphatic hydroxyl groups is 1. The highest BCUT2D eigenvalue weighted by Crippen LogP contribution is 2.21. The molecule has 0 spiro atoms. The zero-order valence-electron chi connectivity index (χ0n) is 15.6. The van der Waals surface area contributed by atoms with Gasteiger partial charge in [-0.1, -0.05) is 60.7 Å². The molecule has 0 aliphatic rings. The second-order valence-electron chi connectivity index (χ2n) is 6.49. The van der Waals surface area contributed by atoms with Crippen LogP contribution in [0, 0.1) is 0 Å². The third kappa shape index (κ3) is 3.96. The van der Waals surface area contributed by atoms with Crippen LogP contribution in [0.1, 0.15) is 15.9 Å².